The van der Waals surface area contributed by atoms with E-state index in [0.717, 1.165) is 29.9 Å². The molecule has 2 unspecified atom stereocenters. The molecule has 0 radical (unpaired) electrons. The Morgan fingerprint density at radius 1 is 1.42 bits per heavy atom. The summed E-state index contributed by atoms with van der Waals surface area (Å²) in [5.41, 5.74) is 2.03. The lowest BCUT2D eigenvalue weighted by atomic mass is 9.97. The maximum absolute atomic E-state index is 10.4. The van der Waals surface area contributed by atoms with Crippen LogP contribution in [0.5, 0.6) is 11.5 Å². The number of hydrogen-bond donors (Lipinski definition) is 1. The lowest BCUT2D eigenvalue weighted by molar-refractivity contribution is 0.145. The van der Waals surface area contributed by atoms with Gasteiger partial charge in [0.1, 0.15) is 17.6 Å². The topological polar surface area (TPSA) is 38.7 Å². The Morgan fingerprint density at radius 3 is 2.79 bits per heavy atom. The summed E-state index contributed by atoms with van der Waals surface area (Å²) < 4.78 is 11.5. The Balaban J connectivity index is 2.32. The summed E-state index contributed by atoms with van der Waals surface area (Å²) in [5, 5.41) is 10.4. The first kappa shape index (κ1) is 14.2. The van der Waals surface area contributed by atoms with Gasteiger partial charge in [0.25, 0.3) is 0 Å². The SMILES string of the molecule is CCOc1cc2c(cc1C(O)CC(C)C)OC(C)C2. The van der Waals surface area contributed by atoms with Gasteiger partial charge in [-0.1, -0.05) is 13.8 Å². The van der Waals surface area contributed by atoms with Crippen LogP contribution in [0.2, 0.25) is 0 Å². The minimum atomic E-state index is -0.494. The molecule has 0 bridgehead atoms. The van der Waals surface area contributed by atoms with Crippen molar-refractivity contribution in [3.8, 4) is 11.5 Å². The number of ether oxygens (including phenoxy) is 2. The van der Waals surface area contributed by atoms with E-state index in [1.807, 2.05) is 19.1 Å². The number of benzene rings is 1. The molecule has 2 rings (SSSR count). The van der Waals surface area contributed by atoms with E-state index in [1.54, 1.807) is 0 Å². The van der Waals surface area contributed by atoms with Crippen molar-refractivity contribution >= 4 is 0 Å². The Hall–Kier alpha value is -1.22. The molecule has 1 aromatic carbocycles. The molecule has 0 aromatic heterocycles. The lowest BCUT2D eigenvalue weighted by Crippen LogP contribution is -2.06. The molecule has 3 heteroatoms. The normalized spacial score (nSPS) is 19.2. The van der Waals surface area contributed by atoms with E-state index in [9.17, 15) is 5.11 Å². The second-order valence-electron chi connectivity index (χ2n) is 5.71. The highest BCUT2D eigenvalue weighted by atomic mass is 16.5. The van der Waals surface area contributed by atoms with E-state index in [4.69, 9.17) is 9.47 Å². The summed E-state index contributed by atoms with van der Waals surface area (Å²) in [4.78, 5) is 0. The van der Waals surface area contributed by atoms with E-state index < -0.39 is 6.10 Å². The Morgan fingerprint density at radius 2 is 2.16 bits per heavy atom. The fourth-order valence-corrected chi connectivity index (χ4v) is 2.57. The second kappa shape index (κ2) is 5.83. The van der Waals surface area contributed by atoms with Crippen molar-refractivity contribution in [1.29, 1.82) is 0 Å². The molecule has 3 nitrogen and oxygen atoms in total. The lowest BCUT2D eigenvalue weighted by Gasteiger charge is -2.18. The molecular formula is C16H24O3. The van der Waals surface area contributed by atoms with Crippen LogP contribution in [-0.2, 0) is 6.42 Å². The zero-order chi connectivity index (χ0) is 14.0. The number of fused-ring (bicyclic) bond motifs is 1. The number of aliphatic hydroxyl groups excluding tert-OH is 1. The predicted molar refractivity (Wildman–Crippen MR) is 75.8 cm³/mol. The van der Waals surface area contributed by atoms with Crippen LogP contribution in [-0.4, -0.2) is 17.8 Å². The third-order valence-corrected chi connectivity index (χ3v) is 3.38. The quantitative estimate of drug-likeness (QED) is 0.884. The van der Waals surface area contributed by atoms with Gasteiger partial charge in [0, 0.05) is 17.5 Å². The van der Waals surface area contributed by atoms with Gasteiger partial charge in [-0.05, 0) is 38.3 Å². The molecule has 1 heterocycles. The van der Waals surface area contributed by atoms with Gasteiger partial charge in [-0.2, -0.15) is 0 Å². The van der Waals surface area contributed by atoms with Crippen molar-refractivity contribution in [2.24, 2.45) is 5.92 Å². The molecule has 0 saturated carbocycles. The van der Waals surface area contributed by atoms with Crippen LogP contribution in [0.25, 0.3) is 0 Å². The van der Waals surface area contributed by atoms with Crippen molar-refractivity contribution in [1.82, 2.24) is 0 Å². The molecule has 1 aliphatic heterocycles. The number of rotatable bonds is 5. The highest BCUT2D eigenvalue weighted by molar-refractivity contribution is 5.49. The van der Waals surface area contributed by atoms with Gasteiger partial charge < -0.3 is 14.6 Å². The van der Waals surface area contributed by atoms with Crippen LogP contribution in [0.1, 0.15) is 51.3 Å². The summed E-state index contributed by atoms with van der Waals surface area (Å²) >= 11 is 0. The van der Waals surface area contributed by atoms with Crippen molar-refractivity contribution in [2.45, 2.75) is 52.7 Å². The first-order valence-corrected chi connectivity index (χ1v) is 7.15. The van der Waals surface area contributed by atoms with E-state index in [2.05, 4.69) is 20.8 Å². The first-order chi connectivity index (χ1) is 9.01. The minimum absolute atomic E-state index is 0.210. The standard InChI is InChI=1S/C16H24O3/c1-5-18-16-8-12-7-11(4)19-15(12)9-13(16)14(17)6-10(2)3/h8-11,14,17H,5-7H2,1-4H3. The highest BCUT2D eigenvalue weighted by Crippen LogP contribution is 2.39. The Bertz CT molecular complexity index is 440. The summed E-state index contributed by atoms with van der Waals surface area (Å²) in [6, 6.07) is 3.98. The number of hydrogen-bond acceptors (Lipinski definition) is 3. The zero-order valence-corrected chi connectivity index (χ0v) is 12.3. The maximum atomic E-state index is 10.4. The van der Waals surface area contributed by atoms with Crippen LogP contribution >= 0.6 is 0 Å². The second-order valence-corrected chi connectivity index (χ2v) is 5.71. The summed E-state index contributed by atoms with van der Waals surface area (Å²) in [6.45, 7) is 8.84. The molecule has 106 valence electrons. The largest absolute Gasteiger partial charge is 0.493 e. The molecule has 1 aromatic rings. The highest BCUT2D eigenvalue weighted by Gasteiger charge is 2.24. The molecule has 1 aliphatic rings. The van der Waals surface area contributed by atoms with Crippen molar-refractivity contribution < 1.29 is 14.6 Å². The van der Waals surface area contributed by atoms with E-state index in [-0.39, 0.29) is 6.10 Å². The summed E-state index contributed by atoms with van der Waals surface area (Å²) in [5.74, 6) is 2.14. The fraction of sp³-hybridized carbons (Fsp3) is 0.625. The molecule has 0 spiro atoms. The Kier molecular flexibility index (Phi) is 4.35. The van der Waals surface area contributed by atoms with E-state index in [1.165, 1.54) is 5.56 Å². The molecule has 0 fully saturated rings. The average molecular weight is 264 g/mol. The van der Waals surface area contributed by atoms with Crippen LogP contribution in [0, 0.1) is 5.92 Å². The van der Waals surface area contributed by atoms with E-state index in [0.29, 0.717) is 12.5 Å². The summed E-state index contributed by atoms with van der Waals surface area (Å²) in [7, 11) is 0. The van der Waals surface area contributed by atoms with Crippen LogP contribution in [0.4, 0.5) is 0 Å². The van der Waals surface area contributed by atoms with Crippen LogP contribution < -0.4 is 9.47 Å². The van der Waals surface area contributed by atoms with Gasteiger partial charge in [0.05, 0.1) is 12.7 Å². The fourth-order valence-electron chi connectivity index (χ4n) is 2.57. The van der Waals surface area contributed by atoms with Crippen molar-refractivity contribution in [3.63, 3.8) is 0 Å². The van der Waals surface area contributed by atoms with E-state index >= 15 is 0 Å². The molecule has 2 atom stereocenters. The smallest absolute Gasteiger partial charge is 0.125 e. The van der Waals surface area contributed by atoms with Gasteiger partial charge in [0.15, 0.2) is 0 Å². The Labute approximate surface area is 115 Å². The number of aliphatic hydroxyl groups is 1. The van der Waals surface area contributed by atoms with Crippen molar-refractivity contribution in [2.75, 3.05) is 6.61 Å². The third kappa shape index (κ3) is 3.21. The molecule has 0 aliphatic carbocycles. The third-order valence-electron chi connectivity index (χ3n) is 3.38. The zero-order valence-electron chi connectivity index (χ0n) is 12.3. The van der Waals surface area contributed by atoms with Gasteiger partial charge in [0.2, 0.25) is 0 Å². The van der Waals surface area contributed by atoms with Crippen LogP contribution in [0.3, 0.4) is 0 Å². The molecule has 0 amide bonds. The monoisotopic (exact) mass is 264 g/mol. The van der Waals surface area contributed by atoms with Gasteiger partial charge in [-0.15, -0.1) is 0 Å². The first-order valence-electron chi connectivity index (χ1n) is 7.15. The van der Waals surface area contributed by atoms with Gasteiger partial charge >= 0.3 is 0 Å². The molecule has 0 saturated heterocycles. The average Bonchev–Trinajstić information content (AvgIpc) is 2.66. The molecule has 1 N–H and O–H groups in total. The van der Waals surface area contributed by atoms with Crippen LogP contribution in [0.15, 0.2) is 12.1 Å². The molecular weight excluding hydrogens is 240 g/mol. The molecule has 19 heavy (non-hydrogen) atoms. The van der Waals surface area contributed by atoms with Gasteiger partial charge in [-0.25, -0.2) is 0 Å². The summed E-state index contributed by atoms with van der Waals surface area (Å²) in [6.07, 6.45) is 1.36. The minimum Gasteiger partial charge on any atom is -0.493 e. The maximum Gasteiger partial charge on any atom is 0.125 e. The van der Waals surface area contributed by atoms with Gasteiger partial charge in [-0.3, -0.25) is 0 Å². The predicted octanol–water partition coefficient (Wildman–Crippen LogP) is 3.49. The van der Waals surface area contributed by atoms with Crippen molar-refractivity contribution in [3.05, 3.63) is 23.3 Å².